The smallest absolute Gasteiger partial charge is 0.325 e. The summed E-state index contributed by atoms with van der Waals surface area (Å²) in [6, 6.07) is 3.16. The fraction of sp³-hybridized carbons (Fsp3) is 0.647. The van der Waals surface area contributed by atoms with E-state index in [-0.39, 0.29) is 31.0 Å². The van der Waals surface area contributed by atoms with Gasteiger partial charge in [-0.2, -0.15) is 4.31 Å². The molecule has 1 fully saturated rings. The van der Waals surface area contributed by atoms with Crippen LogP contribution in [-0.2, 0) is 24.3 Å². The van der Waals surface area contributed by atoms with Crippen molar-refractivity contribution in [3.8, 4) is 0 Å². The lowest BCUT2D eigenvalue weighted by molar-refractivity contribution is -0.152. The van der Waals surface area contributed by atoms with E-state index in [1.165, 1.54) is 20.5 Å². The van der Waals surface area contributed by atoms with Gasteiger partial charge in [-0.05, 0) is 61.7 Å². The summed E-state index contributed by atoms with van der Waals surface area (Å²) >= 11 is 4.46. The largest absolute Gasteiger partial charge is 0.465 e. The van der Waals surface area contributed by atoms with Gasteiger partial charge in [0.2, 0.25) is 5.91 Å². The second-order valence-corrected chi connectivity index (χ2v) is 11.2. The van der Waals surface area contributed by atoms with Crippen molar-refractivity contribution < 1.29 is 22.7 Å². The summed E-state index contributed by atoms with van der Waals surface area (Å²) in [5, 5.41) is 0. The summed E-state index contributed by atoms with van der Waals surface area (Å²) in [4.78, 5) is 26.2. The van der Waals surface area contributed by atoms with E-state index in [1.807, 2.05) is 13.8 Å². The van der Waals surface area contributed by atoms with Crippen LogP contribution in [0.25, 0.3) is 0 Å². The zero-order valence-electron chi connectivity index (χ0n) is 15.7. The Labute approximate surface area is 172 Å². The number of carbonyl (C=O) groups excluding carboxylic acids is 2. The Morgan fingerprint density at radius 3 is 2.44 bits per heavy atom. The Hall–Kier alpha value is -0.970. The van der Waals surface area contributed by atoms with Crippen molar-refractivity contribution >= 4 is 49.2 Å². The lowest BCUT2D eigenvalue weighted by atomic mass is 9.96. The predicted octanol–water partition coefficient (Wildman–Crippen LogP) is 2.71. The molecule has 0 N–H and O–H groups in total. The van der Waals surface area contributed by atoms with Crippen LogP contribution in [0, 0.1) is 5.92 Å². The predicted molar refractivity (Wildman–Crippen MR) is 107 cm³/mol. The number of amides is 1. The van der Waals surface area contributed by atoms with Gasteiger partial charge in [-0.3, -0.25) is 9.59 Å². The number of sulfonamides is 1. The van der Waals surface area contributed by atoms with Crippen molar-refractivity contribution in [2.75, 3.05) is 26.2 Å². The number of hydrogen-bond acceptors (Lipinski definition) is 6. The van der Waals surface area contributed by atoms with Crippen molar-refractivity contribution in [3.05, 3.63) is 15.9 Å². The molecule has 1 aromatic heterocycles. The Balaban J connectivity index is 2.01. The van der Waals surface area contributed by atoms with Crippen LogP contribution in [0.15, 0.2) is 20.1 Å². The van der Waals surface area contributed by atoms with Crippen LogP contribution in [0.5, 0.6) is 0 Å². The van der Waals surface area contributed by atoms with Crippen LogP contribution in [0.3, 0.4) is 0 Å². The highest BCUT2D eigenvalue weighted by Crippen LogP contribution is 2.31. The molecule has 1 saturated heterocycles. The van der Waals surface area contributed by atoms with E-state index < -0.39 is 16.0 Å². The molecule has 1 aliphatic heterocycles. The van der Waals surface area contributed by atoms with Crippen LogP contribution in [0.2, 0.25) is 0 Å². The monoisotopic (exact) mass is 480 g/mol. The molecular formula is C17H25BrN2O5S2. The van der Waals surface area contributed by atoms with Gasteiger partial charge in [0.15, 0.2) is 0 Å². The molecule has 10 heteroatoms. The fourth-order valence-corrected chi connectivity index (χ4v) is 6.64. The lowest BCUT2D eigenvalue weighted by Gasteiger charge is -2.34. The first-order valence-corrected chi connectivity index (χ1v) is 11.9. The summed E-state index contributed by atoms with van der Waals surface area (Å²) in [5.41, 5.74) is 0. The molecule has 2 rings (SSSR count). The molecular weight excluding hydrogens is 456 g/mol. The standard InChI is InChI=1S/C17H25BrN2O5S2/c1-4-25-15(21)11-20(12(2)3)17(22)13-7-9-19(10-8-13)27(23,24)16-6-5-14(18)26-16/h5-6,12-13H,4,7-11H2,1-3H3. The van der Waals surface area contributed by atoms with Crippen molar-refractivity contribution in [2.24, 2.45) is 5.92 Å². The molecule has 27 heavy (non-hydrogen) atoms. The summed E-state index contributed by atoms with van der Waals surface area (Å²) < 4.78 is 32.8. The average Bonchev–Trinajstić information content (AvgIpc) is 3.06. The van der Waals surface area contributed by atoms with Crippen LogP contribution in [0.4, 0.5) is 0 Å². The first-order valence-electron chi connectivity index (χ1n) is 8.88. The third-order valence-corrected chi connectivity index (χ3v) is 8.45. The number of ether oxygens (including phenoxy) is 1. The number of nitrogens with zero attached hydrogens (tertiary/aromatic N) is 2. The molecule has 0 aromatic carbocycles. The maximum atomic E-state index is 12.9. The van der Waals surface area contributed by atoms with Crippen molar-refractivity contribution in [2.45, 2.75) is 43.9 Å². The molecule has 0 radical (unpaired) electrons. The highest BCUT2D eigenvalue weighted by Gasteiger charge is 2.35. The topological polar surface area (TPSA) is 84.0 Å². The summed E-state index contributed by atoms with van der Waals surface area (Å²) in [6.45, 7) is 6.21. The van der Waals surface area contributed by atoms with Gasteiger partial charge in [-0.1, -0.05) is 0 Å². The molecule has 0 aliphatic carbocycles. The third-order valence-electron chi connectivity index (χ3n) is 4.46. The fourth-order valence-electron chi connectivity index (χ4n) is 3.00. The molecule has 152 valence electrons. The van der Waals surface area contributed by atoms with Gasteiger partial charge in [0.25, 0.3) is 10.0 Å². The van der Waals surface area contributed by atoms with E-state index in [0.717, 1.165) is 3.79 Å². The maximum absolute atomic E-state index is 12.9. The van der Waals surface area contributed by atoms with Crippen LogP contribution in [-0.4, -0.2) is 61.8 Å². The van der Waals surface area contributed by atoms with Crippen molar-refractivity contribution in [1.82, 2.24) is 9.21 Å². The molecule has 0 unspecified atom stereocenters. The van der Waals surface area contributed by atoms with Crippen molar-refractivity contribution in [3.63, 3.8) is 0 Å². The number of halogens is 1. The Bertz CT molecular complexity index is 770. The molecule has 2 heterocycles. The molecule has 1 aliphatic rings. The highest BCUT2D eigenvalue weighted by molar-refractivity contribution is 9.11. The molecule has 7 nitrogen and oxygen atoms in total. The van der Waals surface area contributed by atoms with E-state index in [1.54, 1.807) is 19.1 Å². The van der Waals surface area contributed by atoms with Crippen LogP contribution < -0.4 is 0 Å². The first kappa shape index (κ1) is 22.3. The molecule has 0 bridgehead atoms. The average molecular weight is 481 g/mol. The van der Waals surface area contributed by atoms with Crippen LogP contribution >= 0.6 is 27.3 Å². The van der Waals surface area contributed by atoms with Crippen molar-refractivity contribution in [1.29, 1.82) is 0 Å². The second-order valence-electron chi connectivity index (χ2n) is 6.60. The zero-order chi connectivity index (χ0) is 20.2. The minimum absolute atomic E-state index is 0.0773. The first-order chi connectivity index (χ1) is 12.7. The maximum Gasteiger partial charge on any atom is 0.325 e. The van der Waals surface area contributed by atoms with Gasteiger partial charge in [0.1, 0.15) is 10.8 Å². The van der Waals surface area contributed by atoms with Gasteiger partial charge in [-0.25, -0.2) is 8.42 Å². The molecule has 0 saturated carbocycles. The Kier molecular flexibility index (Phi) is 7.84. The zero-order valence-corrected chi connectivity index (χ0v) is 18.9. The SMILES string of the molecule is CCOC(=O)CN(C(=O)C1CCN(S(=O)(=O)c2ccc(Br)s2)CC1)C(C)C. The van der Waals surface area contributed by atoms with Gasteiger partial charge < -0.3 is 9.64 Å². The normalized spacial score (nSPS) is 16.5. The Morgan fingerprint density at radius 1 is 1.33 bits per heavy atom. The molecule has 1 amide bonds. The molecule has 0 atom stereocenters. The quantitative estimate of drug-likeness (QED) is 0.560. The number of esters is 1. The lowest BCUT2D eigenvalue weighted by Crippen LogP contribution is -2.48. The number of rotatable bonds is 7. The van der Waals surface area contributed by atoms with E-state index in [0.29, 0.717) is 30.1 Å². The van der Waals surface area contributed by atoms with Crippen LogP contribution in [0.1, 0.15) is 33.6 Å². The van der Waals surface area contributed by atoms with E-state index in [9.17, 15) is 18.0 Å². The minimum atomic E-state index is -3.53. The number of piperidine rings is 1. The van der Waals surface area contributed by atoms with Gasteiger partial charge in [0, 0.05) is 25.0 Å². The third kappa shape index (κ3) is 5.52. The van der Waals surface area contributed by atoms with Gasteiger partial charge in [0.05, 0.1) is 10.4 Å². The number of thiophene rings is 1. The van der Waals surface area contributed by atoms with E-state index >= 15 is 0 Å². The molecule has 0 spiro atoms. The molecule has 1 aromatic rings. The Morgan fingerprint density at radius 2 is 1.96 bits per heavy atom. The summed E-state index contributed by atoms with van der Waals surface area (Å²) in [6.07, 6.45) is 0.882. The van der Waals surface area contributed by atoms with E-state index in [2.05, 4.69) is 15.9 Å². The number of carbonyl (C=O) groups is 2. The minimum Gasteiger partial charge on any atom is -0.465 e. The summed E-state index contributed by atoms with van der Waals surface area (Å²) in [7, 11) is -3.53. The van der Waals surface area contributed by atoms with E-state index in [4.69, 9.17) is 4.74 Å². The van der Waals surface area contributed by atoms with Gasteiger partial charge >= 0.3 is 5.97 Å². The number of hydrogen-bond donors (Lipinski definition) is 0. The van der Waals surface area contributed by atoms with Gasteiger partial charge in [-0.15, -0.1) is 11.3 Å². The second kappa shape index (κ2) is 9.49. The highest BCUT2D eigenvalue weighted by atomic mass is 79.9. The summed E-state index contributed by atoms with van der Waals surface area (Å²) in [5.74, 6) is -0.833.